The lowest BCUT2D eigenvalue weighted by Gasteiger charge is -2.31. The quantitative estimate of drug-likeness (QED) is 0.642. The monoisotopic (exact) mass is 383 g/mol. The van der Waals surface area contributed by atoms with Crippen molar-refractivity contribution < 1.29 is 17.9 Å². The van der Waals surface area contributed by atoms with Crippen LogP contribution in [0.1, 0.15) is 29.3 Å². The van der Waals surface area contributed by atoms with Crippen LogP contribution in [-0.4, -0.2) is 76.5 Å². The largest absolute Gasteiger partial charge is 0.382 e. The molecule has 1 aromatic rings. The minimum absolute atomic E-state index is 0.0348. The number of nitrogens with zero attached hydrogens (tertiary/aromatic N) is 2. The molecule has 1 fully saturated rings. The fourth-order valence-electron chi connectivity index (χ4n) is 2.74. The number of hydrogen-bond acceptors (Lipinski definition) is 5. The molecule has 1 aliphatic heterocycles. The fraction of sp³-hybridized carbons (Fsp3) is 0.611. The van der Waals surface area contributed by atoms with Crippen LogP contribution in [0.25, 0.3) is 0 Å². The number of carbonyl (C=O) groups is 1. The molecule has 1 saturated heterocycles. The number of nitrogens with one attached hydrogen (secondary N) is 1. The van der Waals surface area contributed by atoms with Gasteiger partial charge in [-0.05, 0) is 38.1 Å². The van der Waals surface area contributed by atoms with Gasteiger partial charge >= 0.3 is 0 Å². The number of ether oxygens (including phenoxy) is 1. The van der Waals surface area contributed by atoms with Gasteiger partial charge in [0.2, 0.25) is 10.0 Å². The van der Waals surface area contributed by atoms with Crippen molar-refractivity contribution in [3.05, 3.63) is 35.4 Å². The lowest BCUT2D eigenvalue weighted by Crippen LogP contribution is -2.47. The molecule has 2 rings (SSSR count). The number of hydrogen-bond donors (Lipinski definition) is 1. The summed E-state index contributed by atoms with van der Waals surface area (Å²) in [6.07, 6.45) is 0.765. The highest BCUT2D eigenvalue weighted by atomic mass is 32.2. The first kappa shape index (κ1) is 20.8. The van der Waals surface area contributed by atoms with E-state index in [1.165, 1.54) is 0 Å². The Bertz CT molecular complexity index is 668. The number of carbonyl (C=O) groups excluding carboxylic acids is 1. The van der Waals surface area contributed by atoms with Crippen LogP contribution < -0.4 is 5.32 Å². The second kappa shape index (κ2) is 10.0. The second-order valence-corrected chi connectivity index (χ2v) is 8.43. The molecule has 0 saturated carbocycles. The molecule has 1 aromatic carbocycles. The molecule has 1 aliphatic rings. The minimum Gasteiger partial charge on any atom is -0.382 e. The van der Waals surface area contributed by atoms with E-state index in [2.05, 4.69) is 10.2 Å². The van der Waals surface area contributed by atoms with Crippen LogP contribution in [0.4, 0.5) is 0 Å². The van der Waals surface area contributed by atoms with Crippen molar-refractivity contribution in [1.82, 2.24) is 14.5 Å². The van der Waals surface area contributed by atoms with Crippen molar-refractivity contribution >= 4 is 15.9 Å². The molecule has 0 aliphatic carbocycles. The van der Waals surface area contributed by atoms with E-state index in [0.717, 1.165) is 19.5 Å². The highest BCUT2D eigenvalue weighted by Crippen LogP contribution is 2.14. The highest BCUT2D eigenvalue weighted by molar-refractivity contribution is 7.88. The zero-order chi connectivity index (χ0) is 19.0. The van der Waals surface area contributed by atoms with Crippen LogP contribution in [0.5, 0.6) is 0 Å². The Hall–Kier alpha value is -1.48. The minimum atomic E-state index is -3.32. The Morgan fingerprint density at radius 2 is 1.81 bits per heavy atom. The van der Waals surface area contributed by atoms with Crippen LogP contribution in [-0.2, 0) is 20.5 Å². The SMILES string of the molecule is CCOCCCNC(=O)c1ccc(CS(=O)(=O)N2CCN(C)CC2)cc1. The Kier molecular flexibility index (Phi) is 8.02. The third-order valence-corrected chi connectivity index (χ3v) is 6.23. The van der Waals surface area contributed by atoms with Gasteiger partial charge in [-0.2, -0.15) is 4.31 Å². The van der Waals surface area contributed by atoms with Gasteiger partial charge in [0.25, 0.3) is 5.91 Å². The Balaban J connectivity index is 1.85. The molecule has 26 heavy (non-hydrogen) atoms. The van der Waals surface area contributed by atoms with Crippen LogP contribution in [0.2, 0.25) is 0 Å². The molecular weight excluding hydrogens is 354 g/mol. The maximum atomic E-state index is 12.5. The van der Waals surface area contributed by atoms with Gasteiger partial charge < -0.3 is 15.0 Å². The third kappa shape index (κ3) is 6.35. The van der Waals surface area contributed by atoms with E-state index in [4.69, 9.17) is 4.74 Å². The first-order valence-electron chi connectivity index (χ1n) is 9.03. The molecule has 1 heterocycles. The van der Waals surface area contributed by atoms with Gasteiger partial charge in [-0.1, -0.05) is 12.1 Å². The summed E-state index contributed by atoms with van der Waals surface area (Å²) in [7, 11) is -1.33. The Morgan fingerprint density at radius 3 is 2.42 bits per heavy atom. The normalized spacial score (nSPS) is 16.5. The summed E-state index contributed by atoms with van der Waals surface area (Å²) in [6, 6.07) is 6.77. The molecule has 0 radical (unpaired) electrons. The molecule has 8 heteroatoms. The zero-order valence-electron chi connectivity index (χ0n) is 15.6. The van der Waals surface area contributed by atoms with Gasteiger partial charge in [-0.3, -0.25) is 4.79 Å². The van der Waals surface area contributed by atoms with Gasteiger partial charge in [-0.15, -0.1) is 0 Å². The van der Waals surface area contributed by atoms with Gasteiger partial charge in [0.1, 0.15) is 0 Å². The zero-order valence-corrected chi connectivity index (χ0v) is 16.4. The standard InChI is InChI=1S/C18H29N3O4S/c1-3-25-14-4-9-19-18(22)17-7-5-16(6-8-17)15-26(23,24)21-12-10-20(2)11-13-21/h5-8H,3-4,9-15H2,1-2H3,(H,19,22). The van der Waals surface area contributed by atoms with Crippen LogP contribution in [0.3, 0.4) is 0 Å². The van der Waals surface area contributed by atoms with E-state index in [1.54, 1.807) is 28.6 Å². The van der Waals surface area contributed by atoms with Crippen molar-refractivity contribution in [2.45, 2.75) is 19.1 Å². The van der Waals surface area contributed by atoms with Crippen LogP contribution in [0.15, 0.2) is 24.3 Å². The molecule has 0 atom stereocenters. The number of rotatable bonds is 9. The van der Waals surface area contributed by atoms with Crippen molar-refractivity contribution in [1.29, 1.82) is 0 Å². The summed E-state index contributed by atoms with van der Waals surface area (Å²) in [5, 5.41) is 2.83. The maximum Gasteiger partial charge on any atom is 0.251 e. The highest BCUT2D eigenvalue weighted by Gasteiger charge is 2.25. The van der Waals surface area contributed by atoms with E-state index >= 15 is 0 Å². The summed E-state index contributed by atoms with van der Waals surface area (Å²) in [5.41, 5.74) is 1.22. The topological polar surface area (TPSA) is 78.9 Å². The first-order valence-corrected chi connectivity index (χ1v) is 10.6. The summed E-state index contributed by atoms with van der Waals surface area (Å²) in [4.78, 5) is 14.2. The summed E-state index contributed by atoms with van der Waals surface area (Å²) in [6.45, 7) is 6.35. The first-order chi connectivity index (χ1) is 12.4. The third-order valence-electron chi connectivity index (χ3n) is 4.38. The molecule has 1 amide bonds. The average molecular weight is 384 g/mol. The second-order valence-electron chi connectivity index (χ2n) is 6.46. The predicted octanol–water partition coefficient (Wildman–Crippen LogP) is 0.920. The van der Waals surface area contributed by atoms with Gasteiger partial charge in [-0.25, -0.2) is 8.42 Å². The van der Waals surface area contributed by atoms with E-state index < -0.39 is 10.0 Å². The number of likely N-dealkylation sites (N-methyl/N-ethyl adjacent to an activating group) is 1. The number of amides is 1. The molecule has 146 valence electrons. The molecular formula is C18H29N3O4S. The van der Waals surface area contributed by atoms with E-state index in [1.807, 2.05) is 14.0 Å². The molecule has 0 aromatic heterocycles. The van der Waals surface area contributed by atoms with Crippen molar-refractivity contribution in [2.24, 2.45) is 0 Å². The molecule has 0 bridgehead atoms. The van der Waals surface area contributed by atoms with Gasteiger partial charge in [0.05, 0.1) is 5.75 Å². The number of sulfonamides is 1. The number of piperazine rings is 1. The Morgan fingerprint density at radius 1 is 1.15 bits per heavy atom. The van der Waals surface area contributed by atoms with Gasteiger partial charge in [0.15, 0.2) is 0 Å². The van der Waals surface area contributed by atoms with E-state index in [0.29, 0.717) is 44.0 Å². The van der Waals surface area contributed by atoms with Crippen molar-refractivity contribution in [3.63, 3.8) is 0 Å². The maximum absolute atomic E-state index is 12.5. The molecule has 0 unspecified atom stereocenters. The summed E-state index contributed by atoms with van der Waals surface area (Å²) < 4.78 is 31.8. The smallest absolute Gasteiger partial charge is 0.251 e. The molecule has 1 N–H and O–H groups in total. The van der Waals surface area contributed by atoms with Gasteiger partial charge in [0, 0.05) is 51.5 Å². The summed E-state index contributed by atoms with van der Waals surface area (Å²) >= 11 is 0. The predicted molar refractivity (Wildman–Crippen MR) is 102 cm³/mol. The van der Waals surface area contributed by atoms with Crippen molar-refractivity contribution in [3.8, 4) is 0 Å². The lowest BCUT2D eigenvalue weighted by atomic mass is 10.1. The van der Waals surface area contributed by atoms with E-state index in [-0.39, 0.29) is 11.7 Å². The van der Waals surface area contributed by atoms with Crippen LogP contribution >= 0.6 is 0 Å². The van der Waals surface area contributed by atoms with E-state index in [9.17, 15) is 13.2 Å². The number of benzene rings is 1. The van der Waals surface area contributed by atoms with Crippen LogP contribution in [0, 0.1) is 0 Å². The Labute approximate surface area is 156 Å². The fourth-order valence-corrected chi connectivity index (χ4v) is 4.26. The average Bonchev–Trinajstić information content (AvgIpc) is 2.62. The molecule has 7 nitrogen and oxygen atoms in total. The lowest BCUT2D eigenvalue weighted by molar-refractivity contribution is 0.0944. The summed E-state index contributed by atoms with van der Waals surface area (Å²) in [5.74, 6) is -0.192. The molecule has 0 spiro atoms. The van der Waals surface area contributed by atoms with Crippen molar-refractivity contribution in [2.75, 3.05) is 53.0 Å².